The van der Waals surface area contributed by atoms with Gasteiger partial charge in [0, 0.05) is 41.1 Å². The summed E-state index contributed by atoms with van der Waals surface area (Å²) < 4.78 is 19.0. The fraction of sp³-hybridized carbons (Fsp3) is 0.407. The third-order valence-corrected chi connectivity index (χ3v) is 7.83. The van der Waals surface area contributed by atoms with E-state index in [0.29, 0.717) is 6.42 Å². The van der Waals surface area contributed by atoms with Gasteiger partial charge in [0.15, 0.2) is 6.29 Å². The van der Waals surface area contributed by atoms with Crippen molar-refractivity contribution in [2.24, 2.45) is 11.3 Å². The first-order valence-corrected chi connectivity index (χ1v) is 12.2. The van der Waals surface area contributed by atoms with Crippen LogP contribution in [0.5, 0.6) is 0 Å². The molecular weight excluding hydrogens is 480 g/mol. The van der Waals surface area contributed by atoms with E-state index in [1.165, 1.54) is 6.26 Å². The van der Waals surface area contributed by atoms with Crippen LogP contribution in [0.2, 0.25) is 0 Å². The number of benzene rings is 1. The molecule has 0 aliphatic carbocycles. The Kier molecular flexibility index (Phi) is 5.90. The summed E-state index contributed by atoms with van der Waals surface area (Å²) in [5.41, 5.74) is 1.54. The number of hydrogen-bond acceptors (Lipinski definition) is 9. The Morgan fingerprint density at radius 1 is 1.11 bits per heavy atom. The average Bonchev–Trinajstić information content (AvgIpc) is 3.18. The van der Waals surface area contributed by atoms with Gasteiger partial charge in [-0.3, -0.25) is 14.3 Å². The predicted octanol–water partition coefficient (Wildman–Crippen LogP) is 1.25. The molecule has 10 heteroatoms. The van der Waals surface area contributed by atoms with Crippen LogP contribution in [0.4, 0.5) is 0 Å². The van der Waals surface area contributed by atoms with E-state index in [9.17, 15) is 25.2 Å². The minimum absolute atomic E-state index is 0.108. The second-order valence-corrected chi connectivity index (χ2v) is 9.89. The highest BCUT2D eigenvalue weighted by atomic mass is 16.8. The third-order valence-electron chi connectivity index (χ3n) is 7.83. The number of rotatable bonds is 4. The first-order chi connectivity index (χ1) is 17.9. The first-order valence-electron chi connectivity index (χ1n) is 12.2. The zero-order chi connectivity index (χ0) is 25.9. The minimum Gasteiger partial charge on any atom is -0.472 e. The minimum atomic E-state index is -1.59. The van der Waals surface area contributed by atoms with Gasteiger partial charge < -0.3 is 34.6 Å². The van der Waals surface area contributed by atoms with Crippen LogP contribution >= 0.6 is 0 Å². The van der Waals surface area contributed by atoms with Gasteiger partial charge in [0.25, 0.3) is 0 Å². The van der Waals surface area contributed by atoms with Crippen molar-refractivity contribution in [1.82, 2.24) is 9.55 Å². The molecule has 0 bridgehead atoms. The Morgan fingerprint density at radius 2 is 1.92 bits per heavy atom. The van der Waals surface area contributed by atoms with Crippen LogP contribution < -0.4 is 0 Å². The lowest BCUT2D eigenvalue weighted by Crippen LogP contribution is -2.60. The molecule has 4 N–H and O–H groups in total. The highest BCUT2D eigenvalue weighted by molar-refractivity contribution is 6.14. The van der Waals surface area contributed by atoms with Crippen molar-refractivity contribution < 1.29 is 39.4 Å². The normalized spacial score (nSPS) is 35.6. The quantitative estimate of drug-likeness (QED) is 0.383. The number of pyridine rings is 1. The topological polar surface area (TPSA) is 144 Å². The standard InChI is InChI=1S/C27H28N2O8/c1-2-16-25(37-26-24(34)23(33)22(32)19(13-30)36-26)35-10-8-27(16)11-17-21-15(7-9-28-17)14-5-3-4-6-18(14)29(21)20(31)12-27/h2-10,16,19,22-26,30,32-34H,1,11-13H2/t16-,19+,22+,23-,24+,25-,26-,27-/m0/s1. The highest BCUT2D eigenvalue weighted by Gasteiger charge is 2.51. The van der Waals surface area contributed by atoms with Gasteiger partial charge in [-0.2, -0.15) is 0 Å². The van der Waals surface area contributed by atoms with E-state index in [1.54, 1.807) is 16.8 Å². The molecule has 0 unspecified atom stereocenters. The molecule has 2 aromatic heterocycles. The van der Waals surface area contributed by atoms with Crippen LogP contribution in [-0.4, -0.2) is 79.5 Å². The van der Waals surface area contributed by atoms with Gasteiger partial charge in [-0.15, -0.1) is 6.58 Å². The Morgan fingerprint density at radius 3 is 2.70 bits per heavy atom. The predicted molar refractivity (Wildman–Crippen MR) is 131 cm³/mol. The van der Waals surface area contributed by atoms with E-state index in [4.69, 9.17) is 14.2 Å². The van der Waals surface area contributed by atoms with Crippen LogP contribution in [0.1, 0.15) is 16.9 Å². The van der Waals surface area contributed by atoms with Gasteiger partial charge in [0.05, 0.1) is 29.6 Å². The smallest absolute Gasteiger partial charge is 0.232 e. The molecule has 6 rings (SSSR count). The Bertz CT molecular complexity index is 1400. The summed E-state index contributed by atoms with van der Waals surface area (Å²) in [7, 11) is 0. The number of fused-ring (bicyclic) bond motifs is 3. The summed E-state index contributed by atoms with van der Waals surface area (Å²) in [4.78, 5) is 18.5. The summed E-state index contributed by atoms with van der Waals surface area (Å²) in [6.45, 7) is 3.40. The molecule has 1 aromatic carbocycles. The molecule has 10 nitrogen and oxygen atoms in total. The number of aromatic nitrogens is 2. The van der Waals surface area contributed by atoms with Crippen molar-refractivity contribution in [3.63, 3.8) is 0 Å². The van der Waals surface area contributed by atoms with E-state index >= 15 is 0 Å². The lowest BCUT2D eigenvalue weighted by Gasteiger charge is -2.45. The maximum atomic E-state index is 13.8. The summed E-state index contributed by atoms with van der Waals surface area (Å²) in [6, 6.07) is 9.67. The molecule has 1 spiro atoms. The number of ether oxygens (including phenoxy) is 3. The summed E-state index contributed by atoms with van der Waals surface area (Å²) in [5, 5.41) is 42.2. The van der Waals surface area contributed by atoms with Crippen molar-refractivity contribution >= 4 is 27.7 Å². The van der Waals surface area contributed by atoms with Gasteiger partial charge in [-0.1, -0.05) is 24.3 Å². The zero-order valence-electron chi connectivity index (χ0n) is 19.9. The van der Waals surface area contributed by atoms with Crippen molar-refractivity contribution in [3.05, 3.63) is 67.2 Å². The SMILES string of the molecule is C=C[C@H]1[C@H](O[C@@H]2O[C@H](CO)[C@@H](O)[C@H](O)[C@H]2O)OC=C[C@]12CC(=O)n1c3ccccc3c3ccnc(c31)C2. The van der Waals surface area contributed by atoms with Gasteiger partial charge in [0.1, 0.15) is 24.4 Å². The van der Waals surface area contributed by atoms with Gasteiger partial charge in [-0.05, 0) is 18.2 Å². The Balaban J connectivity index is 1.38. The van der Waals surface area contributed by atoms with Gasteiger partial charge in [0.2, 0.25) is 12.2 Å². The number of allylic oxidation sites excluding steroid dienone is 1. The van der Waals surface area contributed by atoms with Crippen LogP contribution in [0, 0.1) is 11.3 Å². The lowest BCUT2D eigenvalue weighted by atomic mass is 9.68. The maximum absolute atomic E-state index is 13.8. The van der Waals surface area contributed by atoms with Crippen molar-refractivity contribution in [1.29, 1.82) is 0 Å². The summed E-state index contributed by atoms with van der Waals surface area (Å²) in [5.74, 6) is -0.676. The van der Waals surface area contributed by atoms with Crippen molar-refractivity contribution in [2.75, 3.05) is 6.61 Å². The molecule has 3 aliphatic rings. The van der Waals surface area contributed by atoms with Crippen molar-refractivity contribution in [3.8, 4) is 0 Å². The molecule has 0 radical (unpaired) electrons. The average molecular weight is 509 g/mol. The van der Waals surface area contributed by atoms with Crippen LogP contribution in [-0.2, 0) is 20.6 Å². The number of para-hydroxylation sites is 1. The van der Waals surface area contributed by atoms with Gasteiger partial charge >= 0.3 is 0 Å². The Hall–Kier alpha value is -3.12. The summed E-state index contributed by atoms with van der Waals surface area (Å²) >= 11 is 0. The fourth-order valence-electron chi connectivity index (χ4n) is 5.95. The highest BCUT2D eigenvalue weighted by Crippen LogP contribution is 2.48. The second kappa shape index (κ2) is 9.02. The molecule has 0 saturated carbocycles. The molecule has 8 atom stereocenters. The summed E-state index contributed by atoms with van der Waals surface area (Å²) in [6.07, 6.45) is -1.06. The molecule has 3 aliphatic heterocycles. The maximum Gasteiger partial charge on any atom is 0.232 e. The van der Waals surface area contributed by atoms with Crippen molar-refractivity contribution in [2.45, 2.75) is 49.8 Å². The van der Waals surface area contributed by atoms with Gasteiger partial charge in [-0.25, -0.2) is 0 Å². The molecule has 5 heterocycles. The van der Waals surface area contributed by atoms with E-state index in [-0.39, 0.29) is 12.3 Å². The number of aliphatic hydroxyl groups is 4. The van der Waals surface area contributed by atoms with E-state index in [0.717, 1.165) is 27.5 Å². The molecule has 37 heavy (non-hydrogen) atoms. The second-order valence-electron chi connectivity index (χ2n) is 9.89. The number of nitrogens with zero attached hydrogens (tertiary/aromatic N) is 2. The van der Waals surface area contributed by atoms with E-state index < -0.39 is 54.9 Å². The molecule has 0 amide bonds. The fourth-order valence-corrected chi connectivity index (χ4v) is 5.95. The molecule has 1 fully saturated rings. The number of aliphatic hydroxyl groups excluding tert-OH is 4. The van der Waals surface area contributed by atoms with Crippen LogP contribution in [0.15, 0.2) is 61.5 Å². The monoisotopic (exact) mass is 508 g/mol. The first kappa shape index (κ1) is 24.2. The number of carbonyl (C=O) groups excluding carboxylic acids is 1. The Labute approximate surface area is 212 Å². The lowest BCUT2D eigenvalue weighted by molar-refractivity contribution is -0.341. The largest absolute Gasteiger partial charge is 0.472 e. The number of hydrogen-bond donors (Lipinski definition) is 4. The number of carbonyl (C=O) groups is 1. The molecule has 3 aromatic rings. The molecular formula is C27H28N2O8. The molecule has 1 saturated heterocycles. The zero-order valence-corrected chi connectivity index (χ0v) is 19.9. The van der Waals surface area contributed by atoms with E-state index in [2.05, 4.69) is 11.6 Å². The van der Waals surface area contributed by atoms with Crippen LogP contribution in [0.3, 0.4) is 0 Å². The van der Waals surface area contributed by atoms with E-state index in [1.807, 2.05) is 36.4 Å². The van der Waals surface area contributed by atoms with Crippen LogP contribution in [0.25, 0.3) is 21.8 Å². The third kappa shape index (κ3) is 3.63. The molecule has 194 valence electrons.